The first-order chi connectivity index (χ1) is 13.2. The lowest BCUT2D eigenvalue weighted by molar-refractivity contribution is -0.120. The van der Waals surface area contributed by atoms with E-state index in [1.165, 1.54) is 0 Å². The molecule has 3 rings (SSSR count). The van der Waals surface area contributed by atoms with E-state index in [2.05, 4.69) is 26.5 Å². The van der Waals surface area contributed by atoms with Crippen molar-refractivity contribution in [2.75, 3.05) is 0 Å². The molecule has 0 aliphatic carbocycles. The molecule has 136 valence electrons. The molecule has 27 heavy (non-hydrogen) atoms. The third-order valence-electron chi connectivity index (χ3n) is 3.76. The fourth-order valence-corrected chi connectivity index (χ4v) is 2.92. The first-order valence-corrected chi connectivity index (χ1v) is 9.31. The van der Waals surface area contributed by atoms with Crippen LogP contribution < -0.4 is 10.2 Å². The molecule has 0 aliphatic rings. The molecule has 1 amide bonds. The molecule has 4 nitrogen and oxygen atoms in total. The number of halogens is 1. The Morgan fingerprint density at radius 1 is 0.963 bits per heavy atom. The van der Waals surface area contributed by atoms with Crippen molar-refractivity contribution in [1.82, 2.24) is 5.43 Å². The Balaban J connectivity index is 1.52. The van der Waals surface area contributed by atoms with E-state index in [1.54, 1.807) is 6.21 Å². The zero-order chi connectivity index (χ0) is 18.9. The number of hydrogen-bond acceptors (Lipinski definition) is 3. The summed E-state index contributed by atoms with van der Waals surface area (Å²) in [7, 11) is 0. The van der Waals surface area contributed by atoms with Gasteiger partial charge in [-0.15, -0.1) is 0 Å². The normalized spacial score (nSPS) is 10.7. The van der Waals surface area contributed by atoms with Crippen LogP contribution in [0, 0.1) is 0 Å². The zero-order valence-electron chi connectivity index (χ0n) is 14.6. The molecule has 1 N–H and O–H groups in total. The van der Waals surface area contributed by atoms with Gasteiger partial charge in [-0.05, 0) is 41.0 Å². The molecular weight excluding hydrogens is 404 g/mol. The van der Waals surface area contributed by atoms with Gasteiger partial charge in [0.1, 0.15) is 12.4 Å². The van der Waals surface area contributed by atoms with Crippen LogP contribution >= 0.6 is 15.9 Å². The molecule has 0 bridgehead atoms. The summed E-state index contributed by atoms with van der Waals surface area (Å²) in [5.41, 5.74) is 5.43. The molecule has 0 radical (unpaired) electrons. The van der Waals surface area contributed by atoms with Crippen molar-refractivity contribution in [3.8, 4) is 5.75 Å². The minimum absolute atomic E-state index is 0.153. The van der Waals surface area contributed by atoms with Crippen molar-refractivity contribution >= 4 is 28.1 Å². The Bertz CT molecular complexity index is 926. The molecule has 0 atom stereocenters. The third-order valence-corrected chi connectivity index (χ3v) is 4.26. The lowest BCUT2D eigenvalue weighted by Gasteiger charge is -2.07. The number of benzene rings is 3. The predicted octanol–water partition coefficient (Wildman–Crippen LogP) is 4.72. The van der Waals surface area contributed by atoms with Crippen LogP contribution in [-0.4, -0.2) is 12.1 Å². The second kappa shape index (κ2) is 9.69. The van der Waals surface area contributed by atoms with E-state index in [0.29, 0.717) is 13.0 Å². The van der Waals surface area contributed by atoms with Gasteiger partial charge in [-0.1, -0.05) is 70.5 Å². The van der Waals surface area contributed by atoms with E-state index >= 15 is 0 Å². The average molecular weight is 423 g/mol. The third kappa shape index (κ3) is 6.38. The maximum absolute atomic E-state index is 11.9. The van der Waals surface area contributed by atoms with Gasteiger partial charge in [0.25, 0.3) is 0 Å². The number of ether oxygens (including phenoxy) is 1. The molecule has 3 aromatic rings. The fourth-order valence-electron chi connectivity index (χ4n) is 2.48. The van der Waals surface area contributed by atoms with E-state index in [9.17, 15) is 4.79 Å². The SMILES string of the molecule is O=C(Cc1ccccc1)N/N=C/c1cccc(OCc2cccc(Br)c2)c1. The molecule has 5 heteroatoms. The summed E-state index contributed by atoms with van der Waals surface area (Å²) in [4.78, 5) is 11.9. The van der Waals surface area contributed by atoms with Crippen LogP contribution in [0.5, 0.6) is 5.75 Å². The Kier molecular flexibility index (Phi) is 6.77. The highest BCUT2D eigenvalue weighted by molar-refractivity contribution is 9.10. The molecule has 0 spiro atoms. The second-order valence-electron chi connectivity index (χ2n) is 5.95. The minimum atomic E-state index is -0.153. The average Bonchev–Trinajstić information content (AvgIpc) is 2.68. The maximum atomic E-state index is 11.9. The molecule has 0 heterocycles. The first kappa shape index (κ1) is 18.9. The number of hydrogen-bond donors (Lipinski definition) is 1. The van der Waals surface area contributed by atoms with Crippen molar-refractivity contribution in [1.29, 1.82) is 0 Å². The number of nitrogens with zero attached hydrogens (tertiary/aromatic N) is 1. The number of rotatable bonds is 7. The number of amides is 1. The van der Waals surface area contributed by atoms with Crippen LogP contribution in [0.15, 0.2) is 88.4 Å². The summed E-state index contributed by atoms with van der Waals surface area (Å²) in [6.45, 7) is 0.480. The number of hydrazone groups is 1. The predicted molar refractivity (Wildman–Crippen MR) is 111 cm³/mol. The first-order valence-electron chi connectivity index (χ1n) is 8.52. The highest BCUT2D eigenvalue weighted by Crippen LogP contribution is 2.16. The molecule has 0 saturated heterocycles. The van der Waals surface area contributed by atoms with Crippen LogP contribution in [0.1, 0.15) is 16.7 Å². The Morgan fingerprint density at radius 3 is 2.56 bits per heavy atom. The summed E-state index contributed by atoms with van der Waals surface area (Å²) >= 11 is 3.45. The topological polar surface area (TPSA) is 50.7 Å². The summed E-state index contributed by atoms with van der Waals surface area (Å²) in [5, 5.41) is 4.02. The monoisotopic (exact) mass is 422 g/mol. The van der Waals surface area contributed by atoms with Gasteiger partial charge in [-0.25, -0.2) is 5.43 Å². The van der Waals surface area contributed by atoms with Crippen LogP contribution in [0.3, 0.4) is 0 Å². The van der Waals surface area contributed by atoms with E-state index in [-0.39, 0.29) is 5.91 Å². The highest BCUT2D eigenvalue weighted by atomic mass is 79.9. The summed E-state index contributed by atoms with van der Waals surface area (Å²) < 4.78 is 6.85. The van der Waals surface area contributed by atoms with Gasteiger partial charge < -0.3 is 4.74 Å². The molecule has 0 saturated carbocycles. The smallest absolute Gasteiger partial charge is 0.244 e. The number of carbonyl (C=O) groups excluding carboxylic acids is 1. The minimum Gasteiger partial charge on any atom is -0.489 e. The van der Waals surface area contributed by atoms with E-state index < -0.39 is 0 Å². The molecule has 0 fully saturated rings. The summed E-state index contributed by atoms with van der Waals surface area (Å²) in [5.74, 6) is 0.592. The standard InChI is InChI=1S/C22H19BrN2O2/c23-20-10-4-9-19(12-20)16-27-21-11-5-8-18(13-21)15-24-25-22(26)14-17-6-2-1-3-7-17/h1-13,15H,14,16H2,(H,25,26)/b24-15+. The van der Waals surface area contributed by atoms with E-state index in [1.807, 2.05) is 78.9 Å². The molecule has 0 unspecified atom stereocenters. The van der Waals surface area contributed by atoms with Crippen molar-refractivity contribution in [3.05, 3.63) is 100 Å². The van der Waals surface area contributed by atoms with Crippen molar-refractivity contribution in [2.24, 2.45) is 5.10 Å². The van der Waals surface area contributed by atoms with Crippen LogP contribution in [0.2, 0.25) is 0 Å². The molecule has 0 aliphatic heterocycles. The van der Waals surface area contributed by atoms with Gasteiger partial charge in [0.05, 0.1) is 12.6 Å². The molecule has 0 aromatic heterocycles. The van der Waals surface area contributed by atoms with E-state index in [4.69, 9.17) is 4.74 Å². The number of carbonyl (C=O) groups is 1. The second-order valence-corrected chi connectivity index (χ2v) is 6.86. The Morgan fingerprint density at radius 2 is 1.74 bits per heavy atom. The quantitative estimate of drug-likeness (QED) is 0.442. The Labute approximate surface area is 167 Å². The zero-order valence-corrected chi connectivity index (χ0v) is 16.2. The maximum Gasteiger partial charge on any atom is 0.244 e. The van der Waals surface area contributed by atoms with Gasteiger partial charge in [-0.2, -0.15) is 5.10 Å². The summed E-state index contributed by atoms with van der Waals surface area (Å²) in [6, 6.07) is 25.1. The van der Waals surface area contributed by atoms with Crippen molar-refractivity contribution < 1.29 is 9.53 Å². The van der Waals surface area contributed by atoms with Gasteiger partial charge in [-0.3, -0.25) is 4.79 Å². The van der Waals surface area contributed by atoms with Crippen molar-refractivity contribution in [3.63, 3.8) is 0 Å². The highest BCUT2D eigenvalue weighted by Gasteiger charge is 2.01. The lowest BCUT2D eigenvalue weighted by atomic mass is 10.1. The van der Waals surface area contributed by atoms with Crippen LogP contribution in [0.25, 0.3) is 0 Å². The summed E-state index contributed by atoms with van der Waals surface area (Å²) in [6.07, 6.45) is 1.91. The molecule has 3 aromatic carbocycles. The number of nitrogens with one attached hydrogen (secondary N) is 1. The Hall–Kier alpha value is -2.92. The molecular formula is C22H19BrN2O2. The van der Waals surface area contributed by atoms with E-state index in [0.717, 1.165) is 26.9 Å². The van der Waals surface area contributed by atoms with Gasteiger partial charge >= 0.3 is 0 Å². The van der Waals surface area contributed by atoms with Crippen LogP contribution in [0.4, 0.5) is 0 Å². The van der Waals surface area contributed by atoms with Gasteiger partial charge in [0.15, 0.2) is 0 Å². The fraction of sp³-hybridized carbons (Fsp3) is 0.0909. The largest absolute Gasteiger partial charge is 0.489 e. The van der Waals surface area contributed by atoms with Crippen LogP contribution in [-0.2, 0) is 17.8 Å². The van der Waals surface area contributed by atoms with Gasteiger partial charge in [0.2, 0.25) is 5.91 Å². The lowest BCUT2D eigenvalue weighted by Crippen LogP contribution is -2.19. The van der Waals surface area contributed by atoms with Gasteiger partial charge in [0, 0.05) is 4.47 Å². The van der Waals surface area contributed by atoms with Crippen molar-refractivity contribution in [2.45, 2.75) is 13.0 Å².